The zero-order valence-electron chi connectivity index (χ0n) is 7.46. The highest BCUT2D eigenvalue weighted by Crippen LogP contribution is 2.00. The van der Waals surface area contributed by atoms with Crippen LogP contribution in [0.1, 0.15) is 10.4 Å². The molecule has 1 fully saturated rings. The van der Waals surface area contributed by atoms with E-state index in [9.17, 15) is 9.18 Å². The van der Waals surface area contributed by atoms with Gasteiger partial charge >= 0.3 is 0 Å². The third-order valence-corrected chi connectivity index (χ3v) is 2.11. The van der Waals surface area contributed by atoms with Gasteiger partial charge in [0.05, 0.1) is 11.6 Å². The van der Waals surface area contributed by atoms with Gasteiger partial charge in [0.25, 0.3) is 5.91 Å². The minimum Gasteiger partial charge on any atom is -0.347 e. The van der Waals surface area contributed by atoms with E-state index in [2.05, 4.69) is 15.6 Å². The van der Waals surface area contributed by atoms with Crippen molar-refractivity contribution in [1.29, 1.82) is 0 Å². The largest absolute Gasteiger partial charge is 0.347 e. The molecule has 2 heterocycles. The molecule has 2 N–H and O–H groups in total. The number of nitrogens with zero attached hydrogens (tertiary/aromatic N) is 1. The van der Waals surface area contributed by atoms with Crippen molar-refractivity contribution in [3.8, 4) is 0 Å². The molecule has 0 unspecified atom stereocenters. The molecule has 0 atom stereocenters. The van der Waals surface area contributed by atoms with Crippen molar-refractivity contribution in [2.45, 2.75) is 6.04 Å². The number of hydrogen-bond donors (Lipinski definition) is 2. The quantitative estimate of drug-likeness (QED) is 0.649. The summed E-state index contributed by atoms with van der Waals surface area (Å²) in [5, 5.41) is 5.83. The number of pyridine rings is 1. The molecule has 74 valence electrons. The van der Waals surface area contributed by atoms with E-state index in [0.29, 0.717) is 5.56 Å². The minimum absolute atomic E-state index is 0.188. The van der Waals surface area contributed by atoms with Crippen molar-refractivity contribution in [1.82, 2.24) is 15.6 Å². The second-order valence-electron chi connectivity index (χ2n) is 3.20. The molecule has 0 saturated carbocycles. The van der Waals surface area contributed by atoms with Gasteiger partial charge in [-0.25, -0.2) is 4.98 Å². The standard InChI is InChI=1S/C9H10FN3O/c10-8-2-1-6(3-12-8)9(14)13-7-4-11-5-7/h1-3,7,11H,4-5H2,(H,13,14). The molecule has 0 radical (unpaired) electrons. The molecule has 0 aromatic carbocycles. The highest BCUT2D eigenvalue weighted by molar-refractivity contribution is 5.94. The Kier molecular flexibility index (Phi) is 2.41. The number of halogens is 1. The molecular formula is C9H10FN3O. The van der Waals surface area contributed by atoms with Crippen LogP contribution in [0.4, 0.5) is 4.39 Å². The van der Waals surface area contributed by atoms with Gasteiger partial charge in [-0.2, -0.15) is 4.39 Å². The maximum atomic E-state index is 12.4. The van der Waals surface area contributed by atoms with Crippen molar-refractivity contribution in [3.05, 3.63) is 29.8 Å². The molecule has 0 spiro atoms. The molecule has 4 nitrogen and oxygen atoms in total. The number of carbonyl (C=O) groups is 1. The third-order valence-electron chi connectivity index (χ3n) is 2.11. The zero-order chi connectivity index (χ0) is 9.97. The summed E-state index contributed by atoms with van der Waals surface area (Å²) in [6.07, 6.45) is 1.23. The molecule has 1 amide bonds. The van der Waals surface area contributed by atoms with E-state index in [-0.39, 0.29) is 11.9 Å². The van der Waals surface area contributed by atoms with Gasteiger partial charge in [-0.15, -0.1) is 0 Å². The Hall–Kier alpha value is -1.49. The predicted molar refractivity (Wildman–Crippen MR) is 48.3 cm³/mol. The number of amides is 1. The van der Waals surface area contributed by atoms with Gasteiger partial charge in [0, 0.05) is 19.3 Å². The van der Waals surface area contributed by atoms with E-state index >= 15 is 0 Å². The van der Waals surface area contributed by atoms with Crippen LogP contribution in [0.2, 0.25) is 0 Å². The summed E-state index contributed by atoms with van der Waals surface area (Å²) in [6, 6.07) is 2.78. The third kappa shape index (κ3) is 1.88. The van der Waals surface area contributed by atoms with E-state index in [0.717, 1.165) is 13.1 Å². The molecule has 5 heteroatoms. The van der Waals surface area contributed by atoms with Gasteiger partial charge in [-0.05, 0) is 12.1 Å². The van der Waals surface area contributed by atoms with Gasteiger partial charge in [-0.3, -0.25) is 4.79 Å². The van der Waals surface area contributed by atoms with Crippen molar-refractivity contribution in [3.63, 3.8) is 0 Å². The van der Waals surface area contributed by atoms with Crippen molar-refractivity contribution < 1.29 is 9.18 Å². The van der Waals surface area contributed by atoms with E-state index in [1.165, 1.54) is 18.3 Å². The Balaban J connectivity index is 1.99. The summed E-state index contributed by atoms with van der Waals surface area (Å²) >= 11 is 0. The number of aromatic nitrogens is 1. The fraction of sp³-hybridized carbons (Fsp3) is 0.333. The Labute approximate surface area is 80.5 Å². The van der Waals surface area contributed by atoms with Crippen LogP contribution in [0.5, 0.6) is 0 Å². The monoisotopic (exact) mass is 195 g/mol. The molecule has 1 aromatic heterocycles. The highest BCUT2D eigenvalue weighted by Gasteiger charge is 2.19. The Morgan fingerprint density at radius 1 is 1.57 bits per heavy atom. The van der Waals surface area contributed by atoms with Gasteiger partial charge in [0.1, 0.15) is 0 Å². The fourth-order valence-electron chi connectivity index (χ4n) is 1.17. The number of nitrogens with one attached hydrogen (secondary N) is 2. The maximum absolute atomic E-state index is 12.4. The topological polar surface area (TPSA) is 54.0 Å². The number of rotatable bonds is 2. The van der Waals surface area contributed by atoms with E-state index < -0.39 is 5.95 Å². The molecule has 0 bridgehead atoms. The van der Waals surface area contributed by atoms with E-state index in [4.69, 9.17) is 0 Å². The average molecular weight is 195 g/mol. The second kappa shape index (κ2) is 3.71. The first-order chi connectivity index (χ1) is 6.75. The summed E-state index contributed by atoms with van der Waals surface area (Å²) in [4.78, 5) is 14.9. The van der Waals surface area contributed by atoms with Crippen LogP contribution in [-0.2, 0) is 0 Å². The van der Waals surface area contributed by atoms with Gasteiger partial charge in [0.15, 0.2) is 0 Å². The van der Waals surface area contributed by atoms with Crippen LogP contribution in [0.15, 0.2) is 18.3 Å². The van der Waals surface area contributed by atoms with Gasteiger partial charge in [0.2, 0.25) is 5.95 Å². The Morgan fingerprint density at radius 2 is 2.36 bits per heavy atom. The summed E-state index contributed by atoms with van der Waals surface area (Å²) in [6.45, 7) is 1.58. The lowest BCUT2D eigenvalue weighted by molar-refractivity contribution is 0.0923. The molecule has 1 aliphatic heterocycles. The molecule has 14 heavy (non-hydrogen) atoms. The summed E-state index contributed by atoms with van der Waals surface area (Å²) < 4.78 is 12.4. The Bertz CT molecular complexity index is 334. The summed E-state index contributed by atoms with van der Waals surface area (Å²) in [5.41, 5.74) is 0.387. The molecule has 0 aliphatic carbocycles. The first kappa shape index (κ1) is 9.08. The SMILES string of the molecule is O=C(NC1CNC1)c1ccc(F)nc1. The first-order valence-electron chi connectivity index (χ1n) is 4.39. The number of carbonyl (C=O) groups excluding carboxylic acids is 1. The van der Waals surface area contributed by atoms with Crippen LogP contribution in [0.25, 0.3) is 0 Å². The predicted octanol–water partition coefficient (Wildman–Crippen LogP) is -0.0777. The Morgan fingerprint density at radius 3 is 2.86 bits per heavy atom. The normalized spacial score (nSPS) is 16.1. The average Bonchev–Trinajstić information content (AvgIpc) is 2.12. The van der Waals surface area contributed by atoms with Crippen LogP contribution in [0.3, 0.4) is 0 Å². The summed E-state index contributed by atoms with van der Waals surface area (Å²) in [5.74, 6) is -0.782. The molecule has 1 aliphatic rings. The smallest absolute Gasteiger partial charge is 0.253 e. The lowest BCUT2D eigenvalue weighted by Crippen LogP contribution is -2.56. The molecule has 1 aromatic rings. The second-order valence-corrected chi connectivity index (χ2v) is 3.20. The molecular weight excluding hydrogens is 185 g/mol. The zero-order valence-corrected chi connectivity index (χ0v) is 7.46. The van der Waals surface area contributed by atoms with Gasteiger partial charge < -0.3 is 10.6 Å². The number of hydrogen-bond acceptors (Lipinski definition) is 3. The van der Waals surface area contributed by atoms with Crippen molar-refractivity contribution >= 4 is 5.91 Å². The van der Waals surface area contributed by atoms with E-state index in [1.54, 1.807) is 0 Å². The lowest BCUT2D eigenvalue weighted by Gasteiger charge is -2.27. The van der Waals surface area contributed by atoms with Gasteiger partial charge in [-0.1, -0.05) is 0 Å². The van der Waals surface area contributed by atoms with Crippen LogP contribution >= 0.6 is 0 Å². The van der Waals surface area contributed by atoms with Crippen LogP contribution < -0.4 is 10.6 Å². The molecule has 2 rings (SSSR count). The highest BCUT2D eigenvalue weighted by atomic mass is 19.1. The first-order valence-corrected chi connectivity index (χ1v) is 4.39. The molecule has 1 saturated heterocycles. The lowest BCUT2D eigenvalue weighted by atomic mass is 10.1. The van der Waals surface area contributed by atoms with E-state index in [1.807, 2.05) is 0 Å². The van der Waals surface area contributed by atoms with Crippen molar-refractivity contribution in [2.75, 3.05) is 13.1 Å². The van der Waals surface area contributed by atoms with Crippen LogP contribution in [-0.4, -0.2) is 30.0 Å². The fourth-order valence-corrected chi connectivity index (χ4v) is 1.17. The minimum atomic E-state index is -0.577. The van der Waals surface area contributed by atoms with Crippen LogP contribution in [0, 0.1) is 5.95 Å². The maximum Gasteiger partial charge on any atom is 0.253 e. The van der Waals surface area contributed by atoms with Crippen molar-refractivity contribution in [2.24, 2.45) is 0 Å². The summed E-state index contributed by atoms with van der Waals surface area (Å²) in [7, 11) is 0.